The molecule has 0 spiro atoms. The quantitative estimate of drug-likeness (QED) is 0.758. The predicted octanol–water partition coefficient (Wildman–Crippen LogP) is -0.0983. The van der Waals surface area contributed by atoms with E-state index >= 15 is 0 Å². The molecule has 0 aliphatic heterocycles. The van der Waals surface area contributed by atoms with E-state index in [0.29, 0.717) is 3.51 Å². The molecule has 1 rings (SSSR count). The molecule has 0 radical (unpaired) electrons. The van der Waals surface area contributed by atoms with Crippen molar-refractivity contribution in [2.45, 2.75) is 0 Å². The molecule has 60 valence electrons. The summed E-state index contributed by atoms with van der Waals surface area (Å²) in [6, 6.07) is 8.42. The third kappa shape index (κ3) is 2.09. The van der Waals surface area contributed by atoms with Gasteiger partial charge in [0.05, 0.1) is 0 Å². The van der Waals surface area contributed by atoms with Crippen molar-refractivity contribution >= 4 is 23.1 Å². The van der Waals surface area contributed by atoms with Crippen molar-refractivity contribution in [1.82, 2.24) is 0 Å². The van der Waals surface area contributed by atoms with Gasteiger partial charge in [-0.25, -0.2) is 0 Å². The molecular formula is C7H9O3Sb. The summed E-state index contributed by atoms with van der Waals surface area (Å²) >= 11 is -4.41. The van der Waals surface area contributed by atoms with Crippen LogP contribution in [0.25, 0.3) is 0 Å². The molecule has 4 heteroatoms. The molecule has 0 aliphatic carbocycles. The van der Waals surface area contributed by atoms with Gasteiger partial charge in [0.25, 0.3) is 0 Å². The summed E-state index contributed by atoms with van der Waals surface area (Å²) in [5.74, 6) is 0. The zero-order valence-corrected chi connectivity index (χ0v) is 8.65. The van der Waals surface area contributed by atoms with Crippen molar-refractivity contribution in [1.29, 1.82) is 0 Å². The molecule has 1 N–H and O–H groups in total. The van der Waals surface area contributed by atoms with Crippen molar-refractivity contribution < 1.29 is 9.42 Å². The third-order valence-electron chi connectivity index (χ3n) is 1.33. The fourth-order valence-corrected chi connectivity index (χ4v) is 2.89. The number of benzene rings is 1. The molecule has 1 unspecified atom stereocenters. The van der Waals surface area contributed by atoms with E-state index in [1.54, 1.807) is 30.3 Å². The molecule has 0 saturated carbocycles. The minimum atomic E-state index is -4.41. The van der Waals surface area contributed by atoms with Crippen LogP contribution in [0.15, 0.2) is 30.3 Å². The molecule has 1 atom stereocenters. The summed E-state index contributed by atoms with van der Waals surface area (Å²) in [7, 11) is 1.26. The van der Waals surface area contributed by atoms with Crippen molar-refractivity contribution in [3.8, 4) is 0 Å². The van der Waals surface area contributed by atoms with Crippen LogP contribution >= 0.6 is 0 Å². The topological polar surface area (TPSA) is 46.5 Å². The standard InChI is InChI=1S/C6H5.CH3O.H2O.O.Sb/c1-2-4-6-5-3-1;1-2;;;/h1-5H;1H3;1H2;;/q;-1;;;+2/p-1. The molecule has 11 heavy (non-hydrogen) atoms. The van der Waals surface area contributed by atoms with Gasteiger partial charge in [-0.3, -0.25) is 0 Å². The average molecular weight is 263 g/mol. The molecule has 0 saturated heterocycles. The van der Waals surface area contributed by atoms with E-state index in [2.05, 4.69) is 3.02 Å². The van der Waals surface area contributed by atoms with Gasteiger partial charge < -0.3 is 0 Å². The number of rotatable bonds is 2. The molecular weight excluding hydrogens is 254 g/mol. The summed E-state index contributed by atoms with van der Waals surface area (Å²) in [6.07, 6.45) is 0. The fraction of sp³-hybridized carbons (Fsp3) is 0.143. The van der Waals surface area contributed by atoms with E-state index in [4.69, 9.17) is 0 Å². The fourth-order valence-electron chi connectivity index (χ4n) is 0.722. The van der Waals surface area contributed by atoms with E-state index in [1.165, 1.54) is 7.11 Å². The first-order valence-corrected chi connectivity index (χ1v) is 7.61. The molecule has 0 amide bonds. The predicted molar refractivity (Wildman–Crippen MR) is 41.7 cm³/mol. The second-order valence-electron chi connectivity index (χ2n) is 2.04. The van der Waals surface area contributed by atoms with E-state index in [9.17, 15) is 6.40 Å². The first kappa shape index (κ1) is 8.85. The summed E-state index contributed by atoms with van der Waals surface area (Å²) in [5.41, 5.74) is 0. The molecule has 3 nitrogen and oxygen atoms in total. The van der Waals surface area contributed by atoms with Crippen molar-refractivity contribution in [3.63, 3.8) is 0 Å². The van der Waals surface area contributed by atoms with Crippen LogP contribution in [0.1, 0.15) is 0 Å². The van der Waals surface area contributed by atoms with Gasteiger partial charge in [-0.15, -0.1) is 0 Å². The van der Waals surface area contributed by atoms with Gasteiger partial charge in [-0.05, 0) is 0 Å². The Morgan fingerprint density at radius 2 is 1.91 bits per heavy atom. The molecule has 0 bridgehead atoms. The van der Waals surface area contributed by atoms with E-state index in [-0.39, 0.29) is 0 Å². The van der Waals surface area contributed by atoms with Crippen LogP contribution < -0.4 is 3.51 Å². The minimum absolute atomic E-state index is 0.411. The van der Waals surface area contributed by atoms with Crippen LogP contribution in [0, 0.1) is 0 Å². The Labute approximate surface area is 70.1 Å². The van der Waals surface area contributed by atoms with Crippen molar-refractivity contribution in [2.75, 3.05) is 7.11 Å². The second-order valence-corrected chi connectivity index (χ2v) is 7.53. The van der Waals surface area contributed by atoms with Crippen LogP contribution in [-0.4, -0.2) is 30.1 Å². The molecule has 1 aromatic rings. The Kier molecular flexibility index (Phi) is 2.77. The van der Waals surface area contributed by atoms with Crippen LogP contribution in [0.3, 0.4) is 0 Å². The van der Waals surface area contributed by atoms with Gasteiger partial charge in [0.2, 0.25) is 0 Å². The maximum atomic E-state index is 11.2. The summed E-state index contributed by atoms with van der Waals surface area (Å²) in [5, 5.41) is 0. The van der Waals surface area contributed by atoms with Crippen LogP contribution in [-0.2, 0) is 6.03 Å². The van der Waals surface area contributed by atoms with E-state index < -0.39 is 19.6 Å². The van der Waals surface area contributed by atoms with Gasteiger partial charge in [0.15, 0.2) is 0 Å². The Balaban J connectivity index is 3.03. The van der Waals surface area contributed by atoms with Gasteiger partial charge in [0.1, 0.15) is 0 Å². The van der Waals surface area contributed by atoms with Crippen LogP contribution in [0.2, 0.25) is 0 Å². The Morgan fingerprint density at radius 3 is 2.36 bits per heavy atom. The third-order valence-corrected chi connectivity index (χ3v) is 5.46. The first-order valence-electron chi connectivity index (χ1n) is 3.11. The summed E-state index contributed by atoms with van der Waals surface area (Å²) < 4.78 is 25.4. The second kappa shape index (κ2) is 3.44. The Morgan fingerprint density at radius 1 is 1.36 bits per heavy atom. The molecule has 1 aromatic carbocycles. The Hall–Kier alpha value is -0.242. The molecule has 0 aromatic heterocycles. The number of hydrogen-bond donors (Lipinski definition) is 1. The van der Waals surface area contributed by atoms with Gasteiger partial charge >= 0.3 is 70.0 Å². The SMILES string of the molecule is C[O][Sb](=[O])([OH])[c]1ccccc1. The number of hydrogen-bond acceptors (Lipinski definition) is 2. The van der Waals surface area contributed by atoms with Crippen molar-refractivity contribution in [3.05, 3.63) is 30.3 Å². The van der Waals surface area contributed by atoms with Crippen LogP contribution in [0.5, 0.6) is 0 Å². The summed E-state index contributed by atoms with van der Waals surface area (Å²) in [6.45, 7) is 0. The zero-order chi connectivity index (χ0) is 8.32. The van der Waals surface area contributed by atoms with Gasteiger partial charge in [-0.1, -0.05) is 0 Å². The normalized spacial score (nSPS) is 15.8. The molecule has 0 heterocycles. The van der Waals surface area contributed by atoms with Crippen molar-refractivity contribution in [2.24, 2.45) is 0 Å². The maximum absolute atomic E-state index is 11.2. The van der Waals surface area contributed by atoms with E-state index in [1.807, 2.05) is 0 Å². The molecule has 0 fully saturated rings. The molecule has 0 aliphatic rings. The van der Waals surface area contributed by atoms with Gasteiger partial charge in [-0.2, -0.15) is 0 Å². The van der Waals surface area contributed by atoms with Gasteiger partial charge in [0, 0.05) is 0 Å². The van der Waals surface area contributed by atoms with Crippen LogP contribution in [0.4, 0.5) is 0 Å². The first-order chi connectivity index (χ1) is 5.17. The monoisotopic (exact) mass is 262 g/mol. The zero-order valence-electron chi connectivity index (χ0n) is 6.10. The summed E-state index contributed by atoms with van der Waals surface area (Å²) in [4.78, 5) is 0. The Bertz CT molecular complexity index is 270. The average Bonchev–Trinajstić information content (AvgIpc) is 2.06. The van der Waals surface area contributed by atoms with E-state index in [0.717, 1.165) is 0 Å².